The summed E-state index contributed by atoms with van der Waals surface area (Å²) in [7, 11) is 0. The molecule has 0 fully saturated rings. The van der Waals surface area contributed by atoms with E-state index in [2.05, 4.69) is 33.0 Å². The highest BCUT2D eigenvalue weighted by Gasteiger charge is 2.07. The Hall–Kier alpha value is -0.0800. The Labute approximate surface area is 96.0 Å². The normalized spacial score (nSPS) is 15.6. The average Bonchev–Trinajstić information content (AvgIpc) is 2.14. The zero-order valence-corrected chi connectivity index (χ0v) is 11.1. The molecule has 0 saturated carbocycles. The summed E-state index contributed by atoms with van der Waals surface area (Å²) in [5, 5.41) is 2.43. The summed E-state index contributed by atoms with van der Waals surface area (Å²) in [5.41, 5.74) is 5.54. The van der Waals surface area contributed by atoms with Crippen molar-refractivity contribution in [2.24, 2.45) is 17.6 Å². The second kappa shape index (κ2) is 9.17. The van der Waals surface area contributed by atoms with E-state index in [9.17, 15) is 0 Å². The third-order valence-corrected chi connectivity index (χ3v) is 3.11. The van der Waals surface area contributed by atoms with Crippen LogP contribution < -0.4 is 11.1 Å². The first-order valence-electron chi connectivity index (χ1n) is 6.59. The van der Waals surface area contributed by atoms with Crippen LogP contribution in [0.3, 0.4) is 0 Å². The molecule has 0 saturated heterocycles. The van der Waals surface area contributed by atoms with E-state index < -0.39 is 0 Å². The molecule has 15 heavy (non-hydrogen) atoms. The maximum absolute atomic E-state index is 5.54. The fourth-order valence-electron chi connectivity index (χ4n) is 1.86. The first kappa shape index (κ1) is 14.9. The van der Waals surface area contributed by atoms with E-state index in [1.807, 2.05) is 0 Å². The Morgan fingerprint density at radius 1 is 0.867 bits per heavy atom. The van der Waals surface area contributed by atoms with Crippen molar-refractivity contribution in [3.05, 3.63) is 0 Å². The first-order chi connectivity index (χ1) is 7.06. The van der Waals surface area contributed by atoms with Crippen LogP contribution in [0.25, 0.3) is 0 Å². The average molecular weight is 215 g/mol. The van der Waals surface area contributed by atoms with Crippen molar-refractivity contribution in [1.82, 2.24) is 0 Å². The minimum atomic E-state index is 0.744. The number of rotatable bonds is 9. The van der Waals surface area contributed by atoms with Gasteiger partial charge in [-0.3, -0.25) is 0 Å². The number of quaternary nitrogens is 1. The molecule has 0 aromatic carbocycles. The molecule has 0 radical (unpaired) electrons. The number of hydrogen-bond donors (Lipinski definition) is 2. The van der Waals surface area contributed by atoms with E-state index in [0.29, 0.717) is 0 Å². The predicted octanol–water partition coefficient (Wildman–Crippen LogP) is 1.75. The van der Waals surface area contributed by atoms with Gasteiger partial charge in [-0.25, -0.2) is 0 Å². The van der Waals surface area contributed by atoms with Gasteiger partial charge in [-0.1, -0.05) is 26.7 Å². The molecule has 0 aromatic heterocycles. The van der Waals surface area contributed by atoms with Gasteiger partial charge in [0.05, 0.1) is 12.6 Å². The molecule has 0 spiro atoms. The second-order valence-corrected chi connectivity index (χ2v) is 5.42. The molecule has 0 bridgehead atoms. The van der Waals surface area contributed by atoms with E-state index in [1.165, 1.54) is 32.2 Å². The van der Waals surface area contributed by atoms with Gasteiger partial charge in [0, 0.05) is 0 Å². The molecular weight excluding hydrogens is 184 g/mol. The highest BCUT2D eigenvalue weighted by atomic mass is 14.9. The molecule has 2 unspecified atom stereocenters. The van der Waals surface area contributed by atoms with Crippen LogP contribution >= 0.6 is 0 Å². The SMILES string of the molecule is CC(CCN)CCC(C)CC[NH2+]C(C)C. The van der Waals surface area contributed by atoms with Gasteiger partial charge in [0.15, 0.2) is 0 Å². The fourth-order valence-corrected chi connectivity index (χ4v) is 1.86. The Morgan fingerprint density at radius 2 is 1.40 bits per heavy atom. The number of hydrogen-bond acceptors (Lipinski definition) is 1. The van der Waals surface area contributed by atoms with Gasteiger partial charge in [0.1, 0.15) is 0 Å². The van der Waals surface area contributed by atoms with Crippen LogP contribution in [0.15, 0.2) is 0 Å². The highest BCUT2D eigenvalue weighted by Crippen LogP contribution is 2.16. The van der Waals surface area contributed by atoms with Crippen LogP contribution in [0.4, 0.5) is 0 Å². The molecule has 92 valence electrons. The van der Waals surface area contributed by atoms with Crippen molar-refractivity contribution in [3.63, 3.8) is 0 Å². The largest absolute Gasteiger partial charge is 0.344 e. The zero-order chi connectivity index (χ0) is 11.7. The van der Waals surface area contributed by atoms with Crippen LogP contribution in [-0.4, -0.2) is 19.1 Å². The second-order valence-electron chi connectivity index (χ2n) is 5.42. The third kappa shape index (κ3) is 10.2. The summed E-state index contributed by atoms with van der Waals surface area (Å²) in [6, 6.07) is 0.744. The van der Waals surface area contributed by atoms with E-state index in [-0.39, 0.29) is 0 Å². The standard InChI is InChI=1S/C13H30N2/c1-11(2)15-10-8-13(4)6-5-12(3)7-9-14/h11-13,15H,5-10,14H2,1-4H3/p+1. The van der Waals surface area contributed by atoms with E-state index >= 15 is 0 Å². The van der Waals surface area contributed by atoms with Crippen LogP contribution in [0.5, 0.6) is 0 Å². The Balaban J connectivity index is 3.36. The predicted molar refractivity (Wildman–Crippen MR) is 67.8 cm³/mol. The third-order valence-electron chi connectivity index (χ3n) is 3.11. The smallest absolute Gasteiger partial charge is 0.0802 e. The molecule has 0 aliphatic heterocycles. The summed E-state index contributed by atoms with van der Waals surface area (Å²) in [4.78, 5) is 0. The lowest BCUT2D eigenvalue weighted by atomic mass is 9.94. The Bertz CT molecular complexity index is 134. The topological polar surface area (TPSA) is 42.6 Å². The van der Waals surface area contributed by atoms with Crippen LogP contribution in [0.1, 0.15) is 53.4 Å². The van der Waals surface area contributed by atoms with Gasteiger partial charge >= 0.3 is 0 Å². The first-order valence-corrected chi connectivity index (χ1v) is 6.59. The summed E-state index contributed by atoms with van der Waals surface area (Å²) in [5.74, 6) is 1.69. The minimum Gasteiger partial charge on any atom is -0.344 e. The quantitative estimate of drug-likeness (QED) is 0.604. The Morgan fingerprint density at radius 3 is 1.87 bits per heavy atom. The van der Waals surface area contributed by atoms with Crippen molar-refractivity contribution >= 4 is 0 Å². The van der Waals surface area contributed by atoms with Crippen molar-refractivity contribution in [2.45, 2.75) is 59.4 Å². The van der Waals surface area contributed by atoms with Gasteiger partial charge < -0.3 is 11.1 Å². The molecule has 4 N–H and O–H groups in total. The maximum atomic E-state index is 5.54. The van der Waals surface area contributed by atoms with Crippen molar-refractivity contribution < 1.29 is 5.32 Å². The van der Waals surface area contributed by atoms with Crippen LogP contribution in [0, 0.1) is 11.8 Å². The van der Waals surface area contributed by atoms with Gasteiger partial charge in [0.2, 0.25) is 0 Å². The Kier molecular flexibility index (Phi) is 9.12. The lowest BCUT2D eigenvalue weighted by molar-refractivity contribution is -0.683. The molecule has 2 nitrogen and oxygen atoms in total. The van der Waals surface area contributed by atoms with Crippen molar-refractivity contribution in [3.8, 4) is 0 Å². The van der Waals surface area contributed by atoms with Gasteiger partial charge in [-0.15, -0.1) is 0 Å². The summed E-state index contributed by atoms with van der Waals surface area (Å²) < 4.78 is 0. The summed E-state index contributed by atoms with van der Waals surface area (Å²) in [6.45, 7) is 11.3. The molecular formula is C13H31N2+. The van der Waals surface area contributed by atoms with Crippen molar-refractivity contribution in [2.75, 3.05) is 13.1 Å². The fraction of sp³-hybridized carbons (Fsp3) is 1.00. The molecule has 2 atom stereocenters. The lowest BCUT2D eigenvalue weighted by Gasteiger charge is -2.14. The highest BCUT2D eigenvalue weighted by molar-refractivity contribution is 4.58. The molecule has 0 amide bonds. The molecule has 0 heterocycles. The van der Waals surface area contributed by atoms with Gasteiger partial charge in [-0.05, 0) is 45.1 Å². The molecule has 0 aliphatic rings. The summed E-state index contributed by atoms with van der Waals surface area (Å²) >= 11 is 0. The molecule has 0 aromatic rings. The summed E-state index contributed by atoms with van der Waals surface area (Å²) in [6.07, 6.45) is 5.26. The van der Waals surface area contributed by atoms with Gasteiger partial charge in [-0.2, -0.15) is 0 Å². The van der Waals surface area contributed by atoms with Crippen LogP contribution in [-0.2, 0) is 0 Å². The van der Waals surface area contributed by atoms with E-state index in [1.54, 1.807) is 0 Å². The monoisotopic (exact) mass is 215 g/mol. The van der Waals surface area contributed by atoms with Crippen LogP contribution in [0.2, 0.25) is 0 Å². The minimum absolute atomic E-state index is 0.744. The van der Waals surface area contributed by atoms with E-state index in [4.69, 9.17) is 5.73 Å². The molecule has 2 heteroatoms. The van der Waals surface area contributed by atoms with Gasteiger partial charge in [0.25, 0.3) is 0 Å². The maximum Gasteiger partial charge on any atom is 0.0802 e. The zero-order valence-electron chi connectivity index (χ0n) is 11.1. The number of nitrogens with two attached hydrogens (primary N) is 2. The lowest BCUT2D eigenvalue weighted by Crippen LogP contribution is -2.88. The molecule has 0 aliphatic carbocycles. The molecule has 0 rings (SSSR count). The van der Waals surface area contributed by atoms with E-state index in [0.717, 1.165) is 24.4 Å². The van der Waals surface area contributed by atoms with Crippen molar-refractivity contribution in [1.29, 1.82) is 0 Å².